The van der Waals surface area contributed by atoms with E-state index in [1.807, 2.05) is 0 Å². The highest BCUT2D eigenvalue weighted by molar-refractivity contribution is 5.66. The van der Waals surface area contributed by atoms with Gasteiger partial charge in [0.1, 0.15) is 12.2 Å². The Morgan fingerprint density at radius 1 is 1.24 bits per heavy atom. The van der Waals surface area contributed by atoms with Crippen LogP contribution in [0, 0.1) is 23.7 Å². The summed E-state index contributed by atoms with van der Waals surface area (Å²) in [7, 11) is 0. The summed E-state index contributed by atoms with van der Waals surface area (Å²) in [6, 6.07) is 0. The highest BCUT2D eigenvalue weighted by Gasteiger charge is 2.43. The molecule has 6 nitrogen and oxygen atoms in total. The van der Waals surface area contributed by atoms with Gasteiger partial charge in [-0.1, -0.05) is 35.5 Å². The van der Waals surface area contributed by atoms with Gasteiger partial charge in [0.05, 0.1) is 13.2 Å². The van der Waals surface area contributed by atoms with Crippen LogP contribution in [0.4, 0.5) is 0 Å². The summed E-state index contributed by atoms with van der Waals surface area (Å²) in [6.07, 6.45) is 6.89. The lowest BCUT2D eigenvalue weighted by Crippen LogP contribution is -2.55. The predicted octanol–water partition coefficient (Wildman–Crippen LogP) is 4.31. The Morgan fingerprint density at radius 2 is 2.00 bits per heavy atom. The van der Waals surface area contributed by atoms with E-state index in [-0.39, 0.29) is 6.61 Å². The van der Waals surface area contributed by atoms with Crippen molar-refractivity contribution >= 4 is 5.97 Å². The molecule has 0 amide bonds. The number of hydrogen-bond acceptors (Lipinski definition) is 6. The zero-order valence-corrected chi connectivity index (χ0v) is 20.7. The van der Waals surface area contributed by atoms with E-state index >= 15 is 0 Å². The summed E-state index contributed by atoms with van der Waals surface area (Å²) in [5, 5.41) is 20.9. The van der Waals surface area contributed by atoms with Crippen molar-refractivity contribution in [3.05, 3.63) is 35.5 Å². The minimum Gasteiger partial charge on any atom is -0.457 e. The Kier molecular flexibility index (Phi) is 9.34. The van der Waals surface area contributed by atoms with Crippen LogP contribution in [0.25, 0.3) is 0 Å². The maximum Gasteiger partial charge on any atom is 0.303 e. The summed E-state index contributed by atoms with van der Waals surface area (Å²) in [6.45, 7) is 12.6. The Labute approximate surface area is 198 Å². The average molecular weight is 463 g/mol. The van der Waals surface area contributed by atoms with Crippen molar-refractivity contribution in [2.24, 2.45) is 23.7 Å². The van der Waals surface area contributed by atoms with Gasteiger partial charge >= 0.3 is 5.97 Å². The third kappa shape index (κ3) is 6.78. The smallest absolute Gasteiger partial charge is 0.303 e. The van der Waals surface area contributed by atoms with E-state index in [4.69, 9.17) is 14.2 Å². The van der Waals surface area contributed by atoms with Crippen LogP contribution in [0.3, 0.4) is 0 Å². The van der Waals surface area contributed by atoms with E-state index in [2.05, 4.69) is 39.5 Å². The highest BCUT2D eigenvalue weighted by atomic mass is 16.7. The van der Waals surface area contributed by atoms with Crippen molar-refractivity contribution in [3.63, 3.8) is 0 Å². The number of allylic oxidation sites excluding steroid dienone is 5. The van der Waals surface area contributed by atoms with Gasteiger partial charge in [-0.2, -0.15) is 0 Å². The number of rotatable bonds is 8. The fourth-order valence-electron chi connectivity index (χ4n) is 5.74. The van der Waals surface area contributed by atoms with Crippen molar-refractivity contribution in [2.75, 3.05) is 13.2 Å². The van der Waals surface area contributed by atoms with Gasteiger partial charge in [-0.15, -0.1) is 0 Å². The Bertz CT molecular complexity index is 752. The molecular weight excluding hydrogens is 420 g/mol. The van der Waals surface area contributed by atoms with E-state index in [0.717, 1.165) is 32.1 Å². The maximum absolute atomic E-state index is 11.2. The second-order valence-electron chi connectivity index (χ2n) is 10.4. The van der Waals surface area contributed by atoms with Gasteiger partial charge in [-0.05, 0) is 83.0 Å². The monoisotopic (exact) mass is 462 g/mol. The molecule has 2 fully saturated rings. The molecule has 8 atom stereocenters. The standard InChI is InChI=1S/C27H42O6/c1-16(2)7-6-8-20(22-12-10-18(4)21-11-9-17(3)13-23(21)22)14-31-27-26(30)25(29)24(15-32-27)33-19(5)28/h7,13,20-27,29-30H,4,6,8-12,14-15H2,1-3,5H3. The third-order valence-corrected chi connectivity index (χ3v) is 7.53. The molecule has 1 saturated heterocycles. The van der Waals surface area contributed by atoms with Crippen molar-refractivity contribution < 1.29 is 29.2 Å². The van der Waals surface area contributed by atoms with Gasteiger partial charge < -0.3 is 24.4 Å². The number of esters is 1. The molecular formula is C27H42O6. The molecule has 0 bridgehead atoms. The molecule has 3 aliphatic rings. The van der Waals surface area contributed by atoms with Crippen LogP contribution in [-0.2, 0) is 19.0 Å². The second kappa shape index (κ2) is 11.8. The van der Waals surface area contributed by atoms with E-state index in [1.54, 1.807) is 0 Å². The van der Waals surface area contributed by atoms with Crippen molar-refractivity contribution in [2.45, 2.75) is 90.8 Å². The van der Waals surface area contributed by atoms with Crippen molar-refractivity contribution in [1.29, 1.82) is 0 Å². The molecule has 2 N–H and O–H groups in total. The summed E-state index contributed by atoms with van der Waals surface area (Å²) in [4.78, 5) is 11.2. The number of aliphatic hydroxyl groups is 2. The first-order valence-electron chi connectivity index (χ1n) is 12.4. The van der Waals surface area contributed by atoms with Crippen molar-refractivity contribution in [3.8, 4) is 0 Å². The minimum absolute atomic E-state index is 0.000785. The second-order valence-corrected chi connectivity index (χ2v) is 10.4. The topological polar surface area (TPSA) is 85.2 Å². The lowest BCUT2D eigenvalue weighted by Gasteiger charge is -2.45. The Hall–Kier alpha value is -1.47. The van der Waals surface area contributed by atoms with Gasteiger partial charge in [-0.3, -0.25) is 4.79 Å². The SMILES string of the molecule is C=C1CCC(C(CCC=C(C)C)COC2OCC(OC(C)=O)C(O)C2O)C2C=C(C)CCC12. The van der Waals surface area contributed by atoms with Gasteiger partial charge in [0.25, 0.3) is 0 Å². The molecule has 33 heavy (non-hydrogen) atoms. The normalized spacial score (nSPS) is 35.3. The number of carbonyl (C=O) groups excluding carboxylic acids is 1. The van der Waals surface area contributed by atoms with E-state index in [9.17, 15) is 15.0 Å². The molecule has 0 aromatic carbocycles. The number of aliphatic hydroxyl groups excluding tert-OH is 2. The number of fused-ring (bicyclic) bond motifs is 1. The fraction of sp³-hybridized carbons (Fsp3) is 0.741. The zero-order chi connectivity index (χ0) is 24.1. The van der Waals surface area contributed by atoms with Crippen LogP contribution in [0.15, 0.2) is 35.5 Å². The summed E-state index contributed by atoms with van der Waals surface area (Å²) in [5.41, 5.74) is 4.16. The van der Waals surface area contributed by atoms with E-state index in [1.165, 1.54) is 30.1 Å². The maximum atomic E-state index is 11.2. The summed E-state index contributed by atoms with van der Waals surface area (Å²) in [5.74, 6) is 1.30. The number of carbonyl (C=O) groups is 1. The molecule has 3 rings (SSSR count). The Balaban J connectivity index is 1.69. The summed E-state index contributed by atoms with van der Waals surface area (Å²) >= 11 is 0. The molecule has 0 radical (unpaired) electrons. The molecule has 2 aliphatic carbocycles. The molecule has 0 aromatic heterocycles. The first-order chi connectivity index (χ1) is 15.7. The van der Waals surface area contributed by atoms with Crippen LogP contribution in [0.2, 0.25) is 0 Å². The lowest BCUT2D eigenvalue weighted by molar-refractivity contribution is -0.276. The number of ether oxygens (including phenoxy) is 3. The molecule has 1 heterocycles. The summed E-state index contributed by atoms with van der Waals surface area (Å²) < 4.78 is 16.8. The molecule has 6 heteroatoms. The van der Waals surface area contributed by atoms with E-state index in [0.29, 0.717) is 30.3 Å². The van der Waals surface area contributed by atoms with Crippen molar-refractivity contribution in [1.82, 2.24) is 0 Å². The third-order valence-electron chi connectivity index (χ3n) is 7.53. The van der Waals surface area contributed by atoms with Crippen LogP contribution < -0.4 is 0 Å². The van der Waals surface area contributed by atoms with Gasteiger partial charge in [0.2, 0.25) is 0 Å². The first kappa shape index (κ1) is 26.1. The Morgan fingerprint density at radius 3 is 2.70 bits per heavy atom. The highest BCUT2D eigenvalue weighted by Crippen LogP contribution is 2.48. The lowest BCUT2D eigenvalue weighted by atomic mass is 9.61. The fourth-order valence-corrected chi connectivity index (χ4v) is 5.74. The van der Waals surface area contributed by atoms with E-state index < -0.39 is 30.6 Å². The van der Waals surface area contributed by atoms with Crippen LogP contribution in [-0.4, -0.2) is 54.0 Å². The van der Waals surface area contributed by atoms with Gasteiger partial charge in [0.15, 0.2) is 12.4 Å². The molecule has 8 unspecified atom stereocenters. The molecule has 0 aromatic rings. The predicted molar refractivity (Wildman–Crippen MR) is 127 cm³/mol. The minimum atomic E-state index is -1.27. The number of hydrogen-bond donors (Lipinski definition) is 2. The van der Waals surface area contributed by atoms with Gasteiger partial charge in [-0.25, -0.2) is 0 Å². The van der Waals surface area contributed by atoms with Crippen LogP contribution in [0.1, 0.15) is 66.2 Å². The molecule has 186 valence electrons. The first-order valence-corrected chi connectivity index (χ1v) is 12.4. The molecule has 1 aliphatic heterocycles. The largest absolute Gasteiger partial charge is 0.457 e. The van der Waals surface area contributed by atoms with Crippen LogP contribution in [0.5, 0.6) is 0 Å². The molecule has 1 saturated carbocycles. The zero-order valence-electron chi connectivity index (χ0n) is 20.7. The quantitative estimate of drug-likeness (QED) is 0.413. The molecule has 0 spiro atoms. The van der Waals surface area contributed by atoms with Gasteiger partial charge in [0, 0.05) is 6.92 Å². The van der Waals surface area contributed by atoms with Crippen LogP contribution >= 0.6 is 0 Å². The average Bonchev–Trinajstić information content (AvgIpc) is 2.75.